The zero-order valence-electron chi connectivity index (χ0n) is 17.7. The SMILES string of the molecule is COc1ccc(NC(=O)C=Cc2cccc([N+](=O)[O-])c2)cc1OCc1cn2ccccc2n1. The van der Waals surface area contributed by atoms with Gasteiger partial charge >= 0.3 is 0 Å². The number of fused-ring (bicyclic) bond motifs is 1. The molecular weight excluding hydrogens is 424 g/mol. The number of nitro groups is 1. The van der Waals surface area contributed by atoms with Crippen LogP contribution in [-0.2, 0) is 11.4 Å². The number of aromatic nitrogens is 2. The van der Waals surface area contributed by atoms with E-state index in [0.29, 0.717) is 22.7 Å². The van der Waals surface area contributed by atoms with Crippen molar-refractivity contribution in [2.75, 3.05) is 12.4 Å². The Morgan fingerprint density at radius 2 is 2.03 bits per heavy atom. The number of ether oxygens (including phenoxy) is 2. The smallest absolute Gasteiger partial charge is 0.270 e. The molecule has 0 bridgehead atoms. The molecule has 0 aliphatic carbocycles. The Morgan fingerprint density at radius 3 is 2.82 bits per heavy atom. The van der Waals surface area contributed by atoms with Gasteiger partial charge in [0.2, 0.25) is 5.91 Å². The Morgan fingerprint density at radius 1 is 1.15 bits per heavy atom. The van der Waals surface area contributed by atoms with Gasteiger partial charge in [0.25, 0.3) is 5.69 Å². The number of hydrogen-bond donors (Lipinski definition) is 1. The maximum atomic E-state index is 12.3. The van der Waals surface area contributed by atoms with Crippen LogP contribution in [0, 0.1) is 10.1 Å². The van der Waals surface area contributed by atoms with Crippen molar-refractivity contribution in [3.05, 3.63) is 101 Å². The number of nitrogens with one attached hydrogen (secondary N) is 1. The van der Waals surface area contributed by atoms with Crippen LogP contribution in [0.4, 0.5) is 11.4 Å². The number of anilines is 1. The third-order valence-corrected chi connectivity index (χ3v) is 4.73. The van der Waals surface area contributed by atoms with E-state index < -0.39 is 10.8 Å². The molecule has 2 aromatic heterocycles. The normalized spacial score (nSPS) is 10.9. The largest absolute Gasteiger partial charge is 0.493 e. The third kappa shape index (κ3) is 5.34. The third-order valence-electron chi connectivity index (χ3n) is 4.73. The molecule has 0 unspecified atom stereocenters. The summed E-state index contributed by atoms with van der Waals surface area (Å²) >= 11 is 0. The zero-order chi connectivity index (χ0) is 23.2. The minimum absolute atomic E-state index is 0.0416. The lowest BCUT2D eigenvalue weighted by molar-refractivity contribution is -0.384. The highest BCUT2D eigenvalue weighted by Gasteiger charge is 2.10. The average Bonchev–Trinajstić information content (AvgIpc) is 3.25. The van der Waals surface area contributed by atoms with Gasteiger partial charge < -0.3 is 19.2 Å². The molecule has 1 N–H and O–H groups in total. The molecule has 4 rings (SSSR count). The van der Waals surface area contributed by atoms with Gasteiger partial charge in [0.05, 0.1) is 17.7 Å². The van der Waals surface area contributed by atoms with Gasteiger partial charge in [-0.1, -0.05) is 18.2 Å². The number of pyridine rings is 1. The molecule has 166 valence electrons. The summed E-state index contributed by atoms with van der Waals surface area (Å²) in [6, 6.07) is 16.8. The van der Waals surface area contributed by atoms with Crippen molar-refractivity contribution in [3.8, 4) is 11.5 Å². The van der Waals surface area contributed by atoms with Gasteiger partial charge in [-0.05, 0) is 35.9 Å². The van der Waals surface area contributed by atoms with E-state index in [4.69, 9.17) is 9.47 Å². The highest BCUT2D eigenvalue weighted by molar-refractivity contribution is 6.02. The first kappa shape index (κ1) is 21.6. The van der Waals surface area contributed by atoms with Gasteiger partial charge in [-0.3, -0.25) is 14.9 Å². The molecule has 2 heterocycles. The molecule has 1 amide bonds. The van der Waals surface area contributed by atoms with Gasteiger partial charge in [-0.25, -0.2) is 4.98 Å². The van der Waals surface area contributed by atoms with Crippen molar-refractivity contribution < 1.29 is 19.2 Å². The molecule has 33 heavy (non-hydrogen) atoms. The van der Waals surface area contributed by atoms with E-state index in [9.17, 15) is 14.9 Å². The Kier molecular flexibility index (Phi) is 6.31. The second kappa shape index (κ2) is 9.65. The van der Waals surface area contributed by atoms with Gasteiger partial charge in [0.1, 0.15) is 12.3 Å². The quantitative estimate of drug-likeness (QED) is 0.244. The topological polar surface area (TPSA) is 108 Å². The molecule has 9 heteroatoms. The summed E-state index contributed by atoms with van der Waals surface area (Å²) in [5.74, 6) is 0.580. The summed E-state index contributed by atoms with van der Waals surface area (Å²) in [7, 11) is 1.53. The molecule has 9 nitrogen and oxygen atoms in total. The van der Waals surface area contributed by atoms with Crippen molar-refractivity contribution in [2.45, 2.75) is 6.61 Å². The van der Waals surface area contributed by atoms with Crippen LogP contribution in [0.25, 0.3) is 11.7 Å². The summed E-state index contributed by atoms with van der Waals surface area (Å²) < 4.78 is 13.2. The lowest BCUT2D eigenvalue weighted by atomic mass is 10.2. The van der Waals surface area contributed by atoms with Gasteiger partial charge in [0, 0.05) is 42.4 Å². The number of hydrogen-bond acceptors (Lipinski definition) is 6. The Hall–Kier alpha value is -4.66. The highest BCUT2D eigenvalue weighted by atomic mass is 16.6. The number of methoxy groups -OCH3 is 1. The van der Waals surface area contributed by atoms with E-state index in [0.717, 1.165) is 11.3 Å². The first-order chi connectivity index (χ1) is 16.0. The van der Waals surface area contributed by atoms with Crippen molar-refractivity contribution in [3.63, 3.8) is 0 Å². The number of benzene rings is 2. The van der Waals surface area contributed by atoms with Gasteiger partial charge in [-0.2, -0.15) is 0 Å². The van der Waals surface area contributed by atoms with Crippen molar-refractivity contribution in [2.24, 2.45) is 0 Å². The standard InChI is InChI=1S/C24H20N4O5/c1-32-21-10-9-18(26-24(29)11-8-17-5-4-6-20(13-17)28(30)31)14-22(21)33-16-19-15-27-12-3-2-7-23(27)25-19/h2-15H,16H2,1H3,(H,26,29). The molecule has 4 aromatic rings. The predicted molar refractivity (Wildman–Crippen MR) is 123 cm³/mol. The number of carbonyl (C=O) groups excluding carboxylic acids is 1. The lowest BCUT2D eigenvalue weighted by Crippen LogP contribution is -2.08. The van der Waals surface area contributed by atoms with Crippen molar-refractivity contribution in [1.82, 2.24) is 9.38 Å². The number of rotatable bonds is 8. The molecule has 0 spiro atoms. The van der Waals surface area contributed by atoms with Crippen LogP contribution in [0.2, 0.25) is 0 Å². The summed E-state index contributed by atoms with van der Waals surface area (Å²) in [4.78, 5) is 27.2. The summed E-state index contributed by atoms with van der Waals surface area (Å²) in [6.45, 7) is 0.224. The van der Waals surface area contributed by atoms with Crippen LogP contribution in [0.1, 0.15) is 11.3 Å². The van der Waals surface area contributed by atoms with E-state index in [1.165, 1.54) is 31.4 Å². The first-order valence-corrected chi connectivity index (χ1v) is 9.99. The second-order valence-electron chi connectivity index (χ2n) is 7.03. The zero-order valence-corrected chi connectivity index (χ0v) is 17.7. The second-order valence-corrected chi connectivity index (χ2v) is 7.03. The highest BCUT2D eigenvalue weighted by Crippen LogP contribution is 2.31. The number of nitrogens with zero attached hydrogens (tertiary/aromatic N) is 3. The fraction of sp³-hybridized carbons (Fsp3) is 0.0833. The number of nitro benzene ring substituents is 1. The first-order valence-electron chi connectivity index (χ1n) is 9.99. The van der Waals surface area contributed by atoms with Crippen LogP contribution in [0.5, 0.6) is 11.5 Å². The predicted octanol–water partition coefficient (Wildman–Crippen LogP) is 4.48. The average molecular weight is 444 g/mol. The monoisotopic (exact) mass is 444 g/mol. The van der Waals surface area contributed by atoms with E-state index in [1.54, 1.807) is 30.3 Å². The van der Waals surface area contributed by atoms with Crippen molar-refractivity contribution in [1.29, 1.82) is 0 Å². The molecule has 0 saturated carbocycles. The Balaban J connectivity index is 1.43. The fourth-order valence-corrected chi connectivity index (χ4v) is 3.17. The number of amides is 1. The van der Waals surface area contributed by atoms with Gasteiger partial charge in [-0.15, -0.1) is 0 Å². The summed E-state index contributed by atoms with van der Waals surface area (Å²) in [5, 5.41) is 13.6. The molecule has 0 aliphatic rings. The van der Waals surface area contributed by atoms with Crippen LogP contribution < -0.4 is 14.8 Å². The summed E-state index contributed by atoms with van der Waals surface area (Å²) in [6.07, 6.45) is 6.60. The van der Waals surface area contributed by atoms with E-state index >= 15 is 0 Å². The maximum absolute atomic E-state index is 12.3. The van der Waals surface area contributed by atoms with Crippen LogP contribution in [-0.4, -0.2) is 27.3 Å². The number of imidazole rings is 1. The molecule has 0 saturated heterocycles. The minimum Gasteiger partial charge on any atom is -0.493 e. The maximum Gasteiger partial charge on any atom is 0.270 e. The molecule has 0 fully saturated rings. The molecular formula is C24H20N4O5. The van der Waals surface area contributed by atoms with E-state index in [-0.39, 0.29) is 12.3 Å². The molecule has 0 atom stereocenters. The van der Waals surface area contributed by atoms with Gasteiger partial charge in [0.15, 0.2) is 11.5 Å². The Labute approximate surface area is 189 Å². The van der Waals surface area contributed by atoms with Crippen LogP contribution in [0.3, 0.4) is 0 Å². The molecule has 2 aromatic carbocycles. The Bertz CT molecular complexity index is 1310. The van der Waals surface area contributed by atoms with Crippen LogP contribution >= 0.6 is 0 Å². The minimum atomic E-state index is -0.484. The van der Waals surface area contributed by atoms with Crippen LogP contribution in [0.15, 0.2) is 79.1 Å². The van der Waals surface area contributed by atoms with E-state index in [2.05, 4.69) is 10.3 Å². The fourth-order valence-electron chi connectivity index (χ4n) is 3.17. The number of carbonyl (C=O) groups is 1. The summed E-state index contributed by atoms with van der Waals surface area (Å²) in [5.41, 5.74) is 2.58. The lowest BCUT2D eigenvalue weighted by Gasteiger charge is -2.12. The van der Waals surface area contributed by atoms with Crippen molar-refractivity contribution >= 4 is 29.0 Å². The number of non-ortho nitro benzene ring substituents is 1. The van der Waals surface area contributed by atoms with E-state index in [1.807, 2.05) is 35.0 Å². The molecule has 0 radical (unpaired) electrons. The molecule has 0 aliphatic heterocycles.